The number of anilines is 1. The van der Waals surface area contributed by atoms with E-state index in [-0.39, 0.29) is 18.3 Å². The molecule has 0 aliphatic heterocycles. The minimum Gasteiger partial charge on any atom is -0.484 e. The summed E-state index contributed by atoms with van der Waals surface area (Å²) in [7, 11) is 0. The number of aromatic nitrogens is 2. The van der Waals surface area contributed by atoms with Gasteiger partial charge in [0.2, 0.25) is 0 Å². The van der Waals surface area contributed by atoms with Crippen LogP contribution in [0.4, 0.5) is 10.1 Å². The van der Waals surface area contributed by atoms with Crippen molar-refractivity contribution in [1.82, 2.24) is 9.38 Å². The summed E-state index contributed by atoms with van der Waals surface area (Å²) in [5.41, 5.74) is 2.15. The molecule has 5 rings (SSSR count). The van der Waals surface area contributed by atoms with E-state index in [1.807, 2.05) is 49.6 Å². The Balaban J connectivity index is 1.45. The molecule has 0 unspecified atom stereocenters. The third kappa shape index (κ3) is 5.78. The Hall–Kier alpha value is -4.66. The Morgan fingerprint density at radius 2 is 1.92 bits per heavy atom. The number of carbonyl (C=O) groups excluding carboxylic acids is 1. The van der Waals surface area contributed by atoms with Gasteiger partial charge in [0.25, 0.3) is 5.91 Å². The highest BCUT2D eigenvalue weighted by atomic mass is 19.1. The first-order valence-corrected chi connectivity index (χ1v) is 11.6. The third-order valence-electron chi connectivity index (χ3n) is 5.30. The highest BCUT2D eigenvalue weighted by Gasteiger charge is 2.13. The zero-order valence-corrected chi connectivity index (χ0v) is 20.6. The maximum Gasteiger partial charge on any atom is 0.262 e. The van der Waals surface area contributed by atoms with Crippen LogP contribution in [0.5, 0.6) is 5.75 Å². The molecule has 0 radical (unpaired) electrons. The average molecular weight is 501 g/mol. The Morgan fingerprint density at radius 1 is 1.11 bits per heavy atom. The van der Waals surface area contributed by atoms with Crippen molar-refractivity contribution in [3.8, 4) is 17.2 Å². The minimum absolute atomic E-state index is 0.232. The predicted molar refractivity (Wildman–Crippen MR) is 137 cm³/mol. The van der Waals surface area contributed by atoms with E-state index in [0.717, 1.165) is 5.52 Å². The summed E-state index contributed by atoms with van der Waals surface area (Å²) in [6.07, 6.45) is 3.64. The van der Waals surface area contributed by atoms with Gasteiger partial charge in [-0.2, -0.15) is 0 Å². The Kier molecular flexibility index (Phi) is 6.35. The molecule has 0 atom stereocenters. The fourth-order valence-corrected chi connectivity index (χ4v) is 3.58. The summed E-state index contributed by atoms with van der Waals surface area (Å²) in [5.74, 6) is 0.223. The lowest BCUT2D eigenvalue weighted by Gasteiger charge is -2.15. The molecule has 9 heteroatoms. The highest BCUT2D eigenvalue weighted by Crippen LogP contribution is 2.25. The van der Waals surface area contributed by atoms with Gasteiger partial charge in [-0.25, -0.2) is 9.37 Å². The van der Waals surface area contributed by atoms with Crippen LogP contribution in [0.15, 0.2) is 88.8 Å². The zero-order chi connectivity index (χ0) is 26.0. The molecule has 0 saturated heterocycles. The molecule has 3 heterocycles. The molecule has 188 valence electrons. The van der Waals surface area contributed by atoms with Gasteiger partial charge in [0, 0.05) is 23.5 Å². The van der Waals surface area contributed by atoms with Crippen molar-refractivity contribution in [3.05, 3.63) is 90.4 Å². The topological polar surface area (TPSA) is 90.4 Å². The monoisotopic (exact) mass is 500 g/mol. The second kappa shape index (κ2) is 9.77. The van der Waals surface area contributed by atoms with Crippen molar-refractivity contribution in [2.24, 2.45) is 5.16 Å². The van der Waals surface area contributed by atoms with Crippen molar-refractivity contribution in [1.29, 1.82) is 0 Å². The molecule has 0 aliphatic carbocycles. The fraction of sp³-hybridized carbons (Fsp3) is 0.179. The molecule has 5 aromatic rings. The largest absolute Gasteiger partial charge is 0.484 e. The van der Waals surface area contributed by atoms with E-state index in [1.54, 1.807) is 30.6 Å². The van der Waals surface area contributed by atoms with E-state index in [1.165, 1.54) is 24.3 Å². The molecule has 3 aromatic heterocycles. The van der Waals surface area contributed by atoms with Gasteiger partial charge in [-0.05, 0) is 81.4 Å². The molecular weight excluding hydrogens is 475 g/mol. The first-order chi connectivity index (χ1) is 17.7. The van der Waals surface area contributed by atoms with Crippen molar-refractivity contribution in [2.45, 2.75) is 26.4 Å². The SMILES string of the molecule is CC(C)(C)O/N=c1/cc(-c2cc3cccn3cn2)oc2ccc(OCC(=O)Nc3ccc(F)cc3)cc12. The summed E-state index contributed by atoms with van der Waals surface area (Å²) in [6.45, 7) is 5.49. The van der Waals surface area contributed by atoms with Gasteiger partial charge < -0.3 is 23.7 Å². The number of nitrogens with zero attached hydrogens (tertiary/aromatic N) is 3. The first-order valence-electron chi connectivity index (χ1n) is 11.6. The van der Waals surface area contributed by atoms with Crippen molar-refractivity contribution >= 4 is 28.1 Å². The smallest absolute Gasteiger partial charge is 0.262 e. The van der Waals surface area contributed by atoms with E-state index < -0.39 is 5.60 Å². The maximum atomic E-state index is 13.1. The lowest BCUT2D eigenvalue weighted by Crippen LogP contribution is -2.20. The second-order valence-corrected chi connectivity index (χ2v) is 9.41. The summed E-state index contributed by atoms with van der Waals surface area (Å²) in [6, 6.07) is 18.3. The van der Waals surface area contributed by atoms with Gasteiger partial charge in [0.05, 0.1) is 11.7 Å². The molecule has 37 heavy (non-hydrogen) atoms. The van der Waals surface area contributed by atoms with E-state index in [2.05, 4.69) is 15.5 Å². The number of ether oxygens (including phenoxy) is 1. The van der Waals surface area contributed by atoms with Gasteiger partial charge in [0.15, 0.2) is 12.4 Å². The number of halogens is 1. The van der Waals surface area contributed by atoms with E-state index in [9.17, 15) is 9.18 Å². The van der Waals surface area contributed by atoms with Crippen LogP contribution < -0.4 is 15.4 Å². The standard InChI is InChI=1S/C28H25FN4O4/c1-28(2,3)37-32-23-15-26(24-13-20-5-4-12-33(20)17-30-24)36-25-11-10-21(14-22(23)25)35-16-27(34)31-19-8-6-18(29)7-9-19/h4-15,17H,16H2,1-3H3,(H,31,34)/b32-23-. The lowest BCUT2D eigenvalue weighted by atomic mass is 10.2. The summed E-state index contributed by atoms with van der Waals surface area (Å²) >= 11 is 0. The van der Waals surface area contributed by atoms with Crippen molar-refractivity contribution in [3.63, 3.8) is 0 Å². The van der Waals surface area contributed by atoms with Gasteiger partial charge in [-0.1, -0.05) is 5.16 Å². The fourth-order valence-electron chi connectivity index (χ4n) is 3.58. The minimum atomic E-state index is -0.505. The summed E-state index contributed by atoms with van der Waals surface area (Å²) < 4.78 is 26.9. The van der Waals surface area contributed by atoms with E-state index in [4.69, 9.17) is 14.0 Å². The van der Waals surface area contributed by atoms with Crippen LogP contribution in [-0.4, -0.2) is 27.5 Å². The number of benzene rings is 2. The van der Waals surface area contributed by atoms with Crippen molar-refractivity contribution < 1.29 is 23.2 Å². The molecule has 0 saturated carbocycles. The second-order valence-electron chi connectivity index (χ2n) is 9.41. The highest BCUT2D eigenvalue weighted by molar-refractivity contribution is 5.92. The van der Waals surface area contributed by atoms with E-state index in [0.29, 0.717) is 39.2 Å². The predicted octanol–water partition coefficient (Wildman–Crippen LogP) is 5.53. The molecule has 0 aliphatic rings. The van der Waals surface area contributed by atoms with Crippen LogP contribution in [0, 0.1) is 5.82 Å². The Bertz CT molecular complexity index is 1650. The van der Waals surface area contributed by atoms with Gasteiger partial charge in [0.1, 0.15) is 33.8 Å². The van der Waals surface area contributed by atoms with Gasteiger partial charge >= 0.3 is 0 Å². The lowest BCUT2D eigenvalue weighted by molar-refractivity contribution is -0.118. The molecule has 0 bridgehead atoms. The van der Waals surface area contributed by atoms with Crippen LogP contribution in [0.2, 0.25) is 0 Å². The number of hydrogen-bond donors (Lipinski definition) is 1. The molecule has 0 fully saturated rings. The Morgan fingerprint density at radius 3 is 2.70 bits per heavy atom. The zero-order valence-electron chi connectivity index (χ0n) is 20.6. The number of carbonyl (C=O) groups is 1. The first kappa shape index (κ1) is 24.1. The quantitative estimate of drug-likeness (QED) is 0.310. The average Bonchev–Trinajstić information content (AvgIpc) is 3.35. The number of amides is 1. The van der Waals surface area contributed by atoms with Crippen LogP contribution in [0.25, 0.3) is 27.9 Å². The number of fused-ring (bicyclic) bond motifs is 2. The van der Waals surface area contributed by atoms with Crippen LogP contribution in [0.3, 0.4) is 0 Å². The number of hydrogen-bond acceptors (Lipinski definition) is 6. The normalized spacial score (nSPS) is 12.2. The molecule has 0 spiro atoms. The molecule has 1 amide bonds. The molecule has 1 N–H and O–H groups in total. The summed E-state index contributed by atoms with van der Waals surface area (Å²) in [4.78, 5) is 22.5. The molecule has 2 aromatic carbocycles. The van der Waals surface area contributed by atoms with Crippen LogP contribution >= 0.6 is 0 Å². The molecular formula is C28H25FN4O4. The van der Waals surface area contributed by atoms with Crippen LogP contribution in [0.1, 0.15) is 20.8 Å². The van der Waals surface area contributed by atoms with E-state index >= 15 is 0 Å². The van der Waals surface area contributed by atoms with Gasteiger partial charge in [-0.3, -0.25) is 4.79 Å². The number of nitrogens with one attached hydrogen (secondary N) is 1. The van der Waals surface area contributed by atoms with Gasteiger partial charge in [-0.15, -0.1) is 0 Å². The maximum absolute atomic E-state index is 13.1. The van der Waals surface area contributed by atoms with Crippen LogP contribution in [-0.2, 0) is 9.63 Å². The van der Waals surface area contributed by atoms with Crippen molar-refractivity contribution in [2.75, 3.05) is 11.9 Å². The number of rotatable bonds is 6. The Labute approximate surface area is 212 Å². The summed E-state index contributed by atoms with van der Waals surface area (Å²) in [5, 5.41) is 8.23. The molecule has 8 nitrogen and oxygen atoms in total. The third-order valence-corrected chi connectivity index (χ3v) is 5.30.